The monoisotopic (exact) mass is 340 g/mol. The van der Waals surface area contributed by atoms with Gasteiger partial charge in [-0.25, -0.2) is 0 Å². The van der Waals surface area contributed by atoms with Crippen LogP contribution in [-0.2, 0) is 4.79 Å². The van der Waals surface area contributed by atoms with E-state index in [1.54, 1.807) is 0 Å². The number of piperazine rings is 1. The van der Waals surface area contributed by atoms with Crippen LogP contribution in [0.4, 0.5) is 0 Å². The molecule has 0 unspecified atom stereocenters. The first-order valence-corrected chi connectivity index (χ1v) is 9.85. The lowest BCUT2D eigenvalue weighted by Crippen LogP contribution is -2.65. The summed E-state index contributed by atoms with van der Waals surface area (Å²) in [6.07, 6.45) is 10.9. The van der Waals surface area contributed by atoms with Crippen LogP contribution in [0, 0.1) is 5.92 Å². The fourth-order valence-electron chi connectivity index (χ4n) is 5.13. The van der Waals surface area contributed by atoms with E-state index in [0.29, 0.717) is 0 Å². The fourth-order valence-corrected chi connectivity index (χ4v) is 5.13. The van der Waals surface area contributed by atoms with Crippen LogP contribution in [0.15, 0.2) is 47.0 Å². The number of hydrogen-bond donors (Lipinski definition) is 0. The highest BCUT2D eigenvalue weighted by molar-refractivity contribution is 5.84. The molecule has 0 bridgehead atoms. The normalized spacial score (nSPS) is 30.6. The van der Waals surface area contributed by atoms with Crippen LogP contribution in [0.25, 0.3) is 0 Å². The van der Waals surface area contributed by atoms with Gasteiger partial charge in [0.2, 0.25) is 0 Å². The second-order valence-corrected chi connectivity index (χ2v) is 7.87. The second-order valence-electron chi connectivity index (χ2n) is 7.87. The van der Waals surface area contributed by atoms with Crippen molar-refractivity contribution >= 4 is 6.29 Å². The zero-order valence-electron chi connectivity index (χ0n) is 16.3. The maximum Gasteiger partial charge on any atom is 0.152 e. The van der Waals surface area contributed by atoms with Gasteiger partial charge in [-0.1, -0.05) is 39.8 Å². The lowest BCUT2D eigenvalue weighted by atomic mass is 9.65. The fraction of sp³-hybridized carbons (Fsp3) is 0.591. The van der Waals surface area contributed by atoms with Crippen LogP contribution in [-0.4, -0.2) is 34.7 Å². The summed E-state index contributed by atoms with van der Waals surface area (Å²) in [7, 11) is 0. The summed E-state index contributed by atoms with van der Waals surface area (Å²) in [4.78, 5) is 16.6. The van der Waals surface area contributed by atoms with E-state index in [2.05, 4.69) is 50.1 Å². The van der Waals surface area contributed by atoms with Crippen LogP contribution in [0.5, 0.6) is 0 Å². The first-order chi connectivity index (χ1) is 12.0. The molecular weight excluding hydrogens is 308 g/mol. The van der Waals surface area contributed by atoms with E-state index in [1.807, 2.05) is 6.20 Å². The number of likely N-dealkylation sites (N-methyl/N-ethyl adjacent to an activating group) is 1. The van der Waals surface area contributed by atoms with Crippen LogP contribution >= 0.6 is 0 Å². The van der Waals surface area contributed by atoms with E-state index < -0.39 is 0 Å². The molecule has 25 heavy (non-hydrogen) atoms. The molecule has 0 amide bonds. The molecular formula is C22H32N2O. The van der Waals surface area contributed by atoms with Crippen molar-refractivity contribution in [2.24, 2.45) is 5.92 Å². The van der Waals surface area contributed by atoms with Crippen molar-refractivity contribution < 1.29 is 4.79 Å². The number of allylic oxidation sites excluding steroid dienone is 4. The summed E-state index contributed by atoms with van der Waals surface area (Å²) in [5.41, 5.74) is 5.79. The summed E-state index contributed by atoms with van der Waals surface area (Å²) in [5, 5.41) is 0. The van der Waals surface area contributed by atoms with Crippen molar-refractivity contribution in [3.8, 4) is 0 Å². The molecule has 1 spiro atoms. The SMILES string of the molecule is C=C1C(C=O)=CN2CC3(CC(C)C3)N(CC)/C(=C/CC)C2=C1CCC. The predicted octanol–water partition coefficient (Wildman–Crippen LogP) is 4.79. The van der Waals surface area contributed by atoms with E-state index in [4.69, 9.17) is 0 Å². The van der Waals surface area contributed by atoms with Crippen LogP contribution < -0.4 is 0 Å². The first kappa shape index (κ1) is 18.0. The molecule has 2 heterocycles. The largest absolute Gasteiger partial charge is 0.363 e. The van der Waals surface area contributed by atoms with Gasteiger partial charge in [0.15, 0.2) is 6.29 Å². The quantitative estimate of drug-likeness (QED) is 0.672. The van der Waals surface area contributed by atoms with E-state index >= 15 is 0 Å². The number of fused-ring (bicyclic) bond motifs is 1. The van der Waals surface area contributed by atoms with Gasteiger partial charge in [0, 0.05) is 24.9 Å². The molecule has 2 fully saturated rings. The van der Waals surface area contributed by atoms with Gasteiger partial charge in [0.1, 0.15) is 0 Å². The average Bonchev–Trinajstić information content (AvgIpc) is 2.56. The maximum atomic E-state index is 11.6. The highest BCUT2D eigenvalue weighted by Crippen LogP contribution is 2.51. The summed E-state index contributed by atoms with van der Waals surface area (Å²) < 4.78 is 0. The minimum absolute atomic E-state index is 0.221. The number of hydrogen-bond acceptors (Lipinski definition) is 3. The zero-order chi connectivity index (χ0) is 18.2. The molecule has 1 aliphatic carbocycles. The van der Waals surface area contributed by atoms with E-state index in [9.17, 15) is 4.79 Å². The first-order valence-electron chi connectivity index (χ1n) is 9.85. The molecule has 136 valence electrons. The summed E-state index contributed by atoms with van der Waals surface area (Å²) in [6, 6.07) is 0. The van der Waals surface area contributed by atoms with Gasteiger partial charge in [-0.3, -0.25) is 4.79 Å². The van der Waals surface area contributed by atoms with Crippen LogP contribution in [0.2, 0.25) is 0 Å². The molecule has 0 aromatic rings. The lowest BCUT2D eigenvalue weighted by Gasteiger charge is -2.61. The van der Waals surface area contributed by atoms with Gasteiger partial charge in [-0.05, 0) is 49.7 Å². The summed E-state index contributed by atoms with van der Waals surface area (Å²) in [5.74, 6) is 0.784. The van der Waals surface area contributed by atoms with Gasteiger partial charge in [-0.15, -0.1) is 0 Å². The third kappa shape index (κ3) is 2.78. The lowest BCUT2D eigenvalue weighted by molar-refractivity contribution is -0.104. The topological polar surface area (TPSA) is 23.6 Å². The second kappa shape index (κ2) is 6.86. The molecule has 0 radical (unpaired) electrons. The Morgan fingerprint density at radius 2 is 2.04 bits per heavy atom. The average molecular weight is 341 g/mol. The minimum atomic E-state index is 0.221. The number of aldehydes is 1. The smallest absolute Gasteiger partial charge is 0.152 e. The molecule has 3 rings (SSSR count). The van der Waals surface area contributed by atoms with Gasteiger partial charge in [0.25, 0.3) is 0 Å². The molecule has 3 heteroatoms. The molecule has 2 aliphatic heterocycles. The third-order valence-corrected chi connectivity index (χ3v) is 5.95. The Bertz CT molecular complexity index is 662. The molecule has 3 nitrogen and oxygen atoms in total. The Morgan fingerprint density at radius 1 is 1.32 bits per heavy atom. The number of carbonyl (C=O) groups is 1. The van der Waals surface area contributed by atoms with Crippen molar-refractivity contribution in [1.29, 1.82) is 0 Å². The summed E-state index contributed by atoms with van der Waals surface area (Å²) >= 11 is 0. The van der Waals surface area contributed by atoms with E-state index in [0.717, 1.165) is 55.7 Å². The Kier molecular flexibility index (Phi) is 4.95. The van der Waals surface area contributed by atoms with E-state index in [-0.39, 0.29) is 5.54 Å². The van der Waals surface area contributed by atoms with Crippen molar-refractivity contribution in [2.75, 3.05) is 13.1 Å². The highest BCUT2D eigenvalue weighted by Gasteiger charge is 2.52. The zero-order valence-corrected chi connectivity index (χ0v) is 16.3. The highest BCUT2D eigenvalue weighted by atomic mass is 16.1. The Morgan fingerprint density at radius 3 is 2.56 bits per heavy atom. The Balaban J connectivity index is 2.14. The van der Waals surface area contributed by atoms with Gasteiger partial charge in [0.05, 0.1) is 16.9 Å². The molecule has 0 N–H and O–H groups in total. The van der Waals surface area contributed by atoms with Crippen molar-refractivity contribution in [2.45, 2.75) is 65.3 Å². The molecule has 3 aliphatic rings. The number of rotatable bonds is 5. The van der Waals surface area contributed by atoms with Gasteiger partial charge < -0.3 is 9.80 Å². The number of nitrogens with zero attached hydrogens (tertiary/aromatic N) is 2. The van der Waals surface area contributed by atoms with E-state index in [1.165, 1.54) is 29.8 Å². The van der Waals surface area contributed by atoms with Crippen molar-refractivity contribution in [1.82, 2.24) is 9.80 Å². The van der Waals surface area contributed by atoms with Crippen LogP contribution in [0.3, 0.4) is 0 Å². The Hall–Kier alpha value is -1.77. The van der Waals surface area contributed by atoms with Crippen molar-refractivity contribution in [3.05, 3.63) is 47.0 Å². The molecule has 1 saturated heterocycles. The molecule has 0 aromatic heterocycles. The maximum absolute atomic E-state index is 11.6. The minimum Gasteiger partial charge on any atom is -0.363 e. The number of carbonyl (C=O) groups excluding carboxylic acids is 1. The van der Waals surface area contributed by atoms with Crippen molar-refractivity contribution in [3.63, 3.8) is 0 Å². The van der Waals surface area contributed by atoms with Crippen LogP contribution in [0.1, 0.15) is 59.8 Å². The Labute approximate surface area is 152 Å². The van der Waals surface area contributed by atoms with Gasteiger partial charge >= 0.3 is 0 Å². The summed E-state index contributed by atoms with van der Waals surface area (Å²) in [6.45, 7) is 15.3. The molecule has 0 aromatic carbocycles. The standard InChI is InChI=1S/C22H32N2O/c1-6-9-19-17(5)18(14-25)13-23-15-22(11-16(4)12-22)24(8-3)20(10-7-2)21(19)23/h10,13-14,16H,5-9,11-12,15H2,1-4H3/b20-10+. The predicted molar refractivity (Wildman–Crippen MR) is 104 cm³/mol. The molecule has 0 atom stereocenters. The third-order valence-electron chi connectivity index (χ3n) is 5.95. The van der Waals surface area contributed by atoms with Gasteiger partial charge in [-0.2, -0.15) is 0 Å². The molecule has 1 saturated carbocycles.